The van der Waals surface area contributed by atoms with Crippen LogP contribution in [0.1, 0.15) is 60.5 Å². The van der Waals surface area contributed by atoms with E-state index in [0.717, 1.165) is 12.1 Å². The van der Waals surface area contributed by atoms with Crippen molar-refractivity contribution in [2.75, 3.05) is 13.2 Å². The van der Waals surface area contributed by atoms with Gasteiger partial charge in [-0.05, 0) is 64.2 Å². The van der Waals surface area contributed by atoms with Crippen molar-refractivity contribution in [2.45, 2.75) is 77.8 Å². The Morgan fingerprint density at radius 3 is 2.39 bits per heavy atom. The Morgan fingerprint density at radius 1 is 1.13 bits per heavy atom. The van der Waals surface area contributed by atoms with Crippen molar-refractivity contribution >= 4 is 16.0 Å². The molecule has 2 aromatic carbocycles. The number of allylic oxidation sites excluding steroid dienone is 1. The number of halogens is 1. The summed E-state index contributed by atoms with van der Waals surface area (Å²) in [5.41, 5.74) is 5.28. The normalized spacial score (nSPS) is 16.7. The molecule has 1 unspecified atom stereocenters. The smallest absolute Gasteiger partial charge is 0.337 e. The Balaban J connectivity index is 2.00. The van der Waals surface area contributed by atoms with Crippen LogP contribution in [0.5, 0.6) is 0 Å². The number of sulfonamides is 1. The molecule has 1 aliphatic heterocycles. The van der Waals surface area contributed by atoms with Crippen LogP contribution < -0.4 is 10.1 Å². The summed E-state index contributed by atoms with van der Waals surface area (Å²) in [4.78, 5) is 13.0. The fraction of sp³-hybridized carbons (Fsp3) is 0.483. The lowest BCUT2D eigenvalue weighted by atomic mass is 9.94. The third kappa shape index (κ3) is 6.81. The third-order valence-electron chi connectivity index (χ3n) is 6.17. The van der Waals surface area contributed by atoms with Gasteiger partial charge in [-0.1, -0.05) is 51.1 Å². The first-order valence-corrected chi connectivity index (χ1v) is 14.6. The van der Waals surface area contributed by atoms with E-state index < -0.39 is 21.4 Å². The molecule has 0 spiro atoms. The maximum absolute atomic E-state index is 15.6. The Labute approximate surface area is 226 Å². The summed E-state index contributed by atoms with van der Waals surface area (Å²) < 4.78 is 49.8. The van der Waals surface area contributed by atoms with Gasteiger partial charge in [-0.15, -0.1) is 0 Å². The summed E-state index contributed by atoms with van der Waals surface area (Å²) in [7, 11) is -3.88. The quantitative estimate of drug-likeness (QED) is 0.400. The zero-order valence-corrected chi connectivity index (χ0v) is 24.2. The van der Waals surface area contributed by atoms with Gasteiger partial charge in [0.25, 0.3) is 0 Å². The summed E-state index contributed by atoms with van der Waals surface area (Å²) >= 11 is 0. The topological polar surface area (TPSA) is 87.7 Å². The second-order valence-electron chi connectivity index (χ2n) is 10.9. The van der Waals surface area contributed by atoms with Crippen LogP contribution >= 0.6 is 0 Å². The maximum atomic E-state index is 15.6. The van der Waals surface area contributed by atoms with E-state index in [9.17, 15) is 13.2 Å². The van der Waals surface area contributed by atoms with Crippen molar-refractivity contribution in [1.82, 2.24) is 15.2 Å². The minimum Gasteiger partial charge on any atom is -0.463 e. The van der Waals surface area contributed by atoms with Gasteiger partial charge in [0.2, 0.25) is 10.0 Å². The molecule has 0 radical (unpaired) electrons. The summed E-state index contributed by atoms with van der Waals surface area (Å²) in [5, 5.41) is 2.02. The molecule has 38 heavy (non-hydrogen) atoms. The fourth-order valence-corrected chi connectivity index (χ4v) is 6.34. The number of nitrogens with one attached hydrogen (secondary N) is 2. The molecule has 0 fully saturated rings. The van der Waals surface area contributed by atoms with Crippen molar-refractivity contribution in [1.29, 1.82) is 0 Å². The SMILES string of the molecule is CCCN1NC(C(C)C)=C(C(=O)OCC)C1Cc1ccc(-c2ccccc2S(=O)(=O)NC(C)(C)C)c(F)c1. The van der Waals surface area contributed by atoms with Gasteiger partial charge in [-0.2, -0.15) is 0 Å². The van der Waals surface area contributed by atoms with Crippen LogP contribution in [0.25, 0.3) is 11.1 Å². The van der Waals surface area contributed by atoms with E-state index in [4.69, 9.17) is 4.74 Å². The molecule has 0 aromatic heterocycles. The molecule has 2 N–H and O–H groups in total. The summed E-state index contributed by atoms with van der Waals surface area (Å²) in [6.45, 7) is 14.1. The number of carbonyl (C=O) groups is 1. The van der Waals surface area contributed by atoms with Crippen LogP contribution in [0.3, 0.4) is 0 Å². The Hall–Kier alpha value is -2.75. The summed E-state index contributed by atoms with van der Waals surface area (Å²) in [5.74, 6) is -0.812. The molecule has 208 valence electrons. The lowest BCUT2D eigenvalue weighted by Crippen LogP contribution is -2.42. The molecule has 9 heteroatoms. The molecule has 0 saturated heterocycles. The first-order chi connectivity index (χ1) is 17.8. The monoisotopic (exact) mass is 545 g/mol. The van der Waals surface area contributed by atoms with Crippen molar-refractivity contribution in [2.24, 2.45) is 5.92 Å². The van der Waals surface area contributed by atoms with E-state index in [1.807, 2.05) is 18.9 Å². The summed E-state index contributed by atoms with van der Waals surface area (Å²) in [6, 6.07) is 10.9. The molecule has 1 atom stereocenters. The Morgan fingerprint density at radius 2 is 1.82 bits per heavy atom. The molecule has 3 rings (SSSR count). The van der Waals surface area contributed by atoms with Crippen molar-refractivity contribution in [3.05, 3.63) is 65.1 Å². The minimum absolute atomic E-state index is 0.0183. The van der Waals surface area contributed by atoms with Gasteiger partial charge in [-0.25, -0.2) is 27.3 Å². The van der Waals surface area contributed by atoms with Crippen LogP contribution in [0, 0.1) is 11.7 Å². The lowest BCUT2D eigenvalue weighted by molar-refractivity contribution is -0.139. The summed E-state index contributed by atoms with van der Waals surface area (Å²) in [6.07, 6.45) is 1.26. The highest BCUT2D eigenvalue weighted by Crippen LogP contribution is 2.33. The molecule has 0 amide bonds. The number of hydrogen-bond acceptors (Lipinski definition) is 6. The van der Waals surface area contributed by atoms with Gasteiger partial charge in [0, 0.05) is 28.9 Å². The predicted molar refractivity (Wildman–Crippen MR) is 148 cm³/mol. The van der Waals surface area contributed by atoms with E-state index in [2.05, 4.69) is 17.1 Å². The first kappa shape index (κ1) is 29.8. The molecule has 7 nitrogen and oxygen atoms in total. The first-order valence-electron chi connectivity index (χ1n) is 13.1. The number of esters is 1. The molecule has 1 heterocycles. The number of nitrogens with zero attached hydrogens (tertiary/aromatic N) is 1. The highest BCUT2D eigenvalue weighted by molar-refractivity contribution is 7.89. The van der Waals surface area contributed by atoms with Crippen molar-refractivity contribution < 1.29 is 22.3 Å². The highest BCUT2D eigenvalue weighted by atomic mass is 32.2. The van der Waals surface area contributed by atoms with Crippen molar-refractivity contribution in [3.8, 4) is 11.1 Å². The fourth-order valence-electron chi connectivity index (χ4n) is 4.70. The van der Waals surface area contributed by atoms with Crippen LogP contribution in [0.2, 0.25) is 0 Å². The zero-order valence-electron chi connectivity index (χ0n) is 23.4. The largest absolute Gasteiger partial charge is 0.463 e. The van der Waals surface area contributed by atoms with Gasteiger partial charge in [0.1, 0.15) is 5.82 Å². The van der Waals surface area contributed by atoms with Gasteiger partial charge >= 0.3 is 5.97 Å². The number of ether oxygens (including phenoxy) is 1. The van der Waals surface area contributed by atoms with E-state index in [1.54, 1.807) is 58.0 Å². The minimum atomic E-state index is -3.88. The molecule has 0 bridgehead atoms. The Bertz CT molecular complexity index is 1300. The van der Waals surface area contributed by atoms with Crippen LogP contribution in [0.15, 0.2) is 58.6 Å². The average Bonchev–Trinajstić information content (AvgIpc) is 3.16. The maximum Gasteiger partial charge on any atom is 0.337 e. The van der Waals surface area contributed by atoms with E-state index in [-0.39, 0.29) is 40.6 Å². The molecule has 0 aliphatic carbocycles. The number of hydrazine groups is 1. The van der Waals surface area contributed by atoms with Gasteiger partial charge < -0.3 is 10.2 Å². The average molecular weight is 546 g/mol. The predicted octanol–water partition coefficient (Wildman–Crippen LogP) is 5.18. The molecule has 2 aromatic rings. The highest BCUT2D eigenvalue weighted by Gasteiger charge is 2.38. The van der Waals surface area contributed by atoms with E-state index in [1.165, 1.54) is 12.1 Å². The van der Waals surface area contributed by atoms with Crippen LogP contribution in [0.4, 0.5) is 4.39 Å². The molecular weight excluding hydrogens is 505 g/mol. The molecule has 1 aliphatic rings. The standard InChI is InChI=1S/C29H40FN3O4S/c1-8-16-33-24(26(28(34)37-9-2)27(31-33)19(3)4)18-20-14-15-21(23(30)17-20)22-12-10-11-13-25(22)38(35,36)32-29(5,6)7/h10-15,17,19,24,31-32H,8-9,16,18H2,1-7H3. The third-order valence-corrected chi connectivity index (χ3v) is 7.99. The number of hydrogen-bond donors (Lipinski definition) is 2. The number of benzene rings is 2. The van der Waals surface area contributed by atoms with Crippen LogP contribution in [-0.4, -0.2) is 44.1 Å². The second-order valence-corrected chi connectivity index (χ2v) is 12.5. The van der Waals surface area contributed by atoms with E-state index >= 15 is 4.39 Å². The van der Waals surface area contributed by atoms with E-state index in [0.29, 0.717) is 24.1 Å². The van der Waals surface area contributed by atoms with Crippen LogP contribution in [-0.2, 0) is 26.0 Å². The van der Waals surface area contributed by atoms with Gasteiger partial charge in [0.15, 0.2) is 0 Å². The Kier molecular flexibility index (Phi) is 9.39. The molecular formula is C29H40FN3O4S. The zero-order chi connectivity index (χ0) is 28.3. The second kappa shape index (κ2) is 12.0. The van der Waals surface area contributed by atoms with Gasteiger partial charge in [0.05, 0.1) is 23.1 Å². The molecule has 0 saturated carbocycles. The van der Waals surface area contributed by atoms with Crippen molar-refractivity contribution in [3.63, 3.8) is 0 Å². The number of rotatable bonds is 10. The lowest BCUT2D eigenvalue weighted by Gasteiger charge is -2.26. The number of carbonyl (C=O) groups excluding carboxylic acids is 1. The van der Waals surface area contributed by atoms with Gasteiger partial charge in [-0.3, -0.25) is 0 Å².